The topological polar surface area (TPSA) is 130 Å². The van der Waals surface area contributed by atoms with E-state index in [-0.39, 0.29) is 17.2 Å². The monoisotopic (exact) mass is 298 g/mol. The molecular formula is C12H14N2O5S. The molecule has 7 nitrogen and oxygen atoms in total. The molecule has 0 aliphatic heterocycles. The van der Waals surface area contributed by atoms with Crippen LogP contribution in [0.25, 0.3) is 0 Å². The Bertz CT molecular complexity index is 602. The molecule has 0 radical (unpaired) electrons. The van der Waals surface area contributed by atoms with Gasteiger partial charge in [-0.25, -0.2) is 13.7 Å². The third-order valence-corrected chi connectivity index (χ3v) is 3.90. The zero-order chi connectivity index (χ0) is 14.9. The van der Waals surface area contributed by atoms with Gasteiger partial charge in [0.1, 0.15) is 0 Å². The van der Waals surface area contributed by atoms with Gasteiger partial charge in [0, 0.05) is 6.04 Å². The van der Waals surface area contributed by atoms with Gasteiger partial charge in [-0.15, -0.1) is 0 Å². The molecule has 1 aromatic rings. The largest absolute Gasteiger partial charge is 0.478 e. The molecule has 2 atom stereocenters. The number of hydrogen-bond acceptors (Lipinski definition) is 3. The van der Waals surface area contributed by atoms with Gasteiger partial charge < -0.3 is 10.8 Å². The molecular weight excluding hydrogens is 284 g/mol. The number of primary amides is 1. The van der Waals surface area contributed by atoms with Crippen LogP contribution in [0.2, 0.25) is 0 Å². The van der Waals surface area contributed by atoms with Crippen molar-refractivity contribution in [2.45, 2.75) is 25.3 Å². The SMILES string of the molecule is NC(=O)c1c(C(=O)O)ccc2c1CC(NS(=O)O)CC2. The first-order valence-electron chi connectivity index (χ1n) is 5.95. The van der Waals surface area contributed by atoms with Crippen molar-refractivity contribution in [1.29, 1.82) is 0 Å². The minimum absolute atomic E-state index is 0.00905. The van der Waals surface area contributed by atoms with E-state index in [1.807, 2.05) is 0 Å². The molecule has 1 aliphatic rings. The van der Waals surface area contributed by atoms with E-state index >= 15 is 0 Å². The highest BCUT2D eigenvalue weighted by Crippen LogP contribution is 2.27. The van der Waals surface area contributed by atoms with E-state index in [4.69, 9.17) is 15.4 Å². The Labute approximate surface area is 117 Å². The number of nitrogens with two attached hydrogens (primary N) is 1. The summed E-state index contributed by atoms with van der Waals surface area (Å²) in [5.74, 6) is -2.02. The number of aromatic carboxylic acids is 1. The maximum Gasteiger partial charge on any atom is 0.336 e. The van der Waals surface area contributed by atoms with Crippen LogP contribution in [0.15, 0.2) is 12.1 Å². The van der Waals surface area contributed by atoms with Crippen LogP contribution in [0.3, 0.4) is 0 Å². The molecule has 2 unspecified atom stereocenters. The van der Waals surface area contributed by atoms with Gasteiger partial charge >= 0.3 is 5.97 Å². The third kappa shape index (κ3) is 2.87. The normalized spacial score (nSPS) is 19.1. The van der Waals surface area contributed by atoms with Crippen LogP contribution in [0.4, 0.5) is 0 Å². The summed E-state index contributed by atoms with van der Waals surface area (Å²) in [4.78, 5) is 22.7. The highest BCUT2D eigenvalue weighted by Gasteiger charge is 2.27. The second kappa shape index (κ2) is 5.70. The molecule has 0 saturated heterocycles. The van der Waals surface area contributed by atoms with Crippen molar-refractivity contribution in [2.24, 2.45) is 5.73 Å². The smallest absolute Gasteiger partial charge is 0.336 e. The molecule has 0 heterocycles. The number of amides is 1. The fourth-order valence-corrected chi connectivity index (χ4v) is 3.03. The minimum Gasteiger partial charge on any atom is -0.478 e. The lowest BCUT2D eigenvalue weighted by molar-refractivity contribution is 0.0691. The average molecular weight is 298 g/mol. The predicted octanol–water partition coefficient (Wildman–Crippen LogP) is 0.0673. The van der Waals surface area contributed by atoms with Crippen LogP contribution in [0, 0.1) is 0 Å². The Morgan fingerprint density at radius 1 is 1.40 bits per heavy atom. The third-order valence-electron chi connectivity index (χ3n) is 3.37. The fraction of sp³-hybridized carbons (Fsp3) is 0.333. The summed E-state index contributed by atoms with van der Waals surface area (Å²) in [7, 11) is 0. The molecule has 8 heteroatoms. The van der Waals surface area contributed by atoms with Crippen molar-refractivity contribution in [1.82, 2.24) is 4.72 Å². The zero-order valence-electron chi connectivity index (χ0n) is 10.5. The summed E-state index contributed by atoms with van der Waals surface area (Å²) < 4.78 is 22.1. The van der Waals surface area contributed by atoms with E-state index in [2.05, 4.69) is 4.72 Å². The van der Waals surface area contributed by atoms with Crippen molar-refractivity contribution in [3.8, 4) is 0 Å². The molecule has 2 rings (SSSR count). The van der Waals surface area contributed by atoms with Gasteiger partial charge in [-0.05, 0) is 36.5 Å². The summed E-state index contributed by atoms with van der Waals surface area (Å²) >= 11 is -2.15. The van der Waals surface area contributed by atoms with Crippen LogP contribution in [0.5, 0.6) is 0 Å². The number of carboxylic acid groups (broad SMARTS) is 1. The van der Waals surface area contributed by atoms with Gasteiger partial charge in [0.15, 0.2) is 0 Å². The molecule has 0 spiro atoms. The Morgan fingerprint density at radius 3 is 2.65 bits per heavy atom. The number of benzene rings is 1. The standard InChI is InChI=1S/C12H14N2O5S/c13-11(15)10-8(12(16)17)4-2-6-1-3-7(5-9(6)10)14-20(18)19/h2,4,7,14H,1,3,5H2,(H2,13,15)(H,16,17)(H,18,19). The number of rotatable bonds is 4. The molecule has 0 saturated carbocycles. The van der Waals surface area contributed by atoms with Gasteiger partial charge in [0.25, 0.3) is 0 Å². The van der Waals surface area contributed by atoms with Gasteiger partial charge in [0.2, 0.25) is 17.2 Å². The Balaban J connectivity index is 2.47. The van der Waals surface area contributed by atoms with E-state index in [1.165, 1.54) is 6.07 Å². The first-order chi connectivity index (χ1) is 9.40. The maximum atomic E-state index is 11.6. The maximum absolute atomic E-state index is 11.6. The predicted molar refractivity (Wildman–Crippen MR) is 71.6 cm³/mol. The molecule has 0 bridgehead atoms. The minimum atomic E-state index is -2.15. The number of aryl methyl sites for hydroxylation is 1. The van der Waals surface area contributed by atoms with Gasteiger partial charge in [-0.1, -0.05) is 6.07 Å². The molecule has 5 N–H and O–H groups in total. The lowest BCUT2D eigenvalue weighted by Crippen LogP contribution is -2.37. The summed E-state index contributed by atoms with van der Waals surface area (Å²) in [6.07, 6.45) is 1.51. The van der Waals surface area contributed by atoms with Crippen molar-refractivity contribution >= 4 is 23.1 Å². The molecule has 0 aromatic heterocycles. The van der Waals surface area contributed by atoms with E-state index < -0.39 is 23.1 Å². The van der Waals surface area contributed by atoms with Crippen molar-refractivity contribution in [3.63, 3.8) is 0 Å². The van der Waals surface area contributed by atoms with Crippen LogP contribution in [-0.4, -0.2) is 31.8 Å². The molecule has 0 fully saturated rings. The molecule has 108 valence electrons. The second-order valence-corrected chi connectivity index (χ2v) is 5.34. The zero-order valence-corrected chi connectivity index (χ0v) is 11.3. The summed E-state index contributed by atoms with van der Waals surface area (Å²) in [6, 6.07) is 2.74. The quantitative estimate of drug-likeness (QED) is 0.584. The summed E-state index contributed by atoms with van der Waals surface area (Å²) in [5, 5.41) is 9.12. The molecule has 1 aliphatic carbocycles. The van der Waals surface area contributed by atoms with Gasteiger partial charge in [-0.2, -0.15) is 0 Å². The molecule has 1 aromatic carbocycles. The van der Waals surface area contributed by atoms with E-state index in [9.17, 15) is 13.8 Å². The molecule has 1 amide bonds. The highest BCUT2D eigenvalue weighted by molar-refractivity contribution is 7.77. The Hall–Kier alpha value is -1.77. The number of carboxylic acids is 1. The van der Waals surface area contributed by atoms with E-state index in [0.29, 0.717) is 24.8 Å². The highest BCUT2D eigenvalue weighted by atomic mass is 32.2. The number of fused-ring (bicyclic) bond motifs is 1. The number of hydrogen-bond donors (Lipinski definition) is 4. The number of carbonyl (C=O) groups excluding carboxylic acids is 1. The van der Waals surface area contributed by atoms with Crippen LogP contribution in [0.1, 0.15) is 38.3 Å². The lowest BCUT2D eigenvalue weighted by Gasteiger charge is -2.26. The van der Waals surface area contributed by atoms with E-state index in [1.54, 1.807) is 6.07 Å². The van der Waals surface area contributed by atoms with Crippen molar-refractivity contribution in [2.75, 3.05) is 0 Å². The van der Waals surface area contributed by atoms with E-state index in [0.717, 1.165) is 5.56 Å². The summed E-state index contributed by atoms with van der Waals surface area (Å²) in [5.41, 5.74) is 6.55. The van der Waals surface area contributed by atoms with Gasteiger partial charge in [-0.3, -0.25) is 9.35 Å². The average Bonchev–Trinajstić information content (AvgIpc) is 2.35. The number of nitrogens with one attached hydrogen (secondary N) is 1. The summed E-state index contributed by atoms with van der Waals surface area (Å²) in [6.45, 7) is 0. The number of carbonyl (C=O) groups is 2. The van der Waals surface area contributed by atoms with Crippen LogP contribution >= 0.6 is 0 Å². The van der Waals surface area contributed by atoms with Crippen molar-refractivity contribution < 1.29 is 23.5 Å². The first kappa shape index (κ1) is 14.6. The van der Waals surface area contributed by atoms with Crippen molar-refractivity contribution in [3.05, 3.63) is 34.4 Å². The van der Waals surface area contributed by atoms with Crippen LogP contribution in [-0.2, 0) is 24.1 Å². The Kier molecular flexibility index (Phi) is 4.17. The lowest BCUT2D eigenvalue weighted by atomic mass is 9.83. The Morgan fingerprint density at radius 2 is 2.10 bits per heavy atom. The second-order valence-electron chi connectivity index (χ2n) is 4.60. The van der Waals surface area contributed by atoms with Gasteiger partial charge in [0.05, 0.1) is 11.1 Å². The first-order valence-corrected chi connectivity index (χ1v) is 7.05. The van der Waals surface area contributed by atoms with Crippen LogP contribution < -0.4 is 10.5 Å². The fourth-order valence-electron chi connectivity index (χ4n) is 2.54. The molecule has 20 heavy (non-hydrogen) atoms.